The van der Waals surface area contributed by atoms with Gasteiger partial charge in [-0.2, -0.15) is 5.26 Å². The van der Waals surface area contributed by atoms with E-state index in [0.29, 0.717) is 0 Å². The van der Waals surface area contributed by atoms with Gasteiger partial charge in [-0.15, -0.1) is 11.3 Å². The predicted molar refractivity (Wildman–Crippen MR) is 79.4 cm³/mol. The van der Waals surface area contributed by atoms with Crippen molar-refractivity contribution in [2.45, 2.75) is 46.0 Å². The Hall–Kier alpha value is -0.920. The van der Waals surface area contributed by atoms with Crippen LogP contribution < -0.4 is 0 Å². The van der Waals surface area contributed by atoms with Gasteiger partial charge in [0.15, 0.2) is 0 Å². The second-order valence-electron chi connectivity index (χ2n) is 5.52. The van der Waals surface area contributed by atoms with E-state index in [1.165, 1.54) is 25.9 Å². The molecule has 0 amide bonds. The van der Waals surface area contributed by atoms with E-state index < -0.39 is 0 Å². The molecular formula is C15H23N3S. The van der Waals surface area contributed by atoms with Gasteiger partial charge in [-0.05, 0) is 38.3 Å². The maximum Gasteiger partial charge on any atom is 0.128 e. The molecule has 0 aliphatic carbocycles. The molecule has 0 N–H and O–H groups in total. The van der Waals surface area contributed by atoms with Crippen LogP contribution in [-0.4, -0.2) is 29.5 Å². The first-order chi connectivity index (χ1) is 9.22. The van der Waals surface area contributed by atoms with Gasteiger partial charge in [-0.25, -0.2) is 4.98 Å². The Kier molecular flexibility index (Phi) is 5.35. The van der Waals surface area contributed by atoms with E-state index in [1.54, 1.807) is 11.3 Å². The van der Waals surface area contributed by atoms with Gasteiger partial charge in [-0.3, -0.25) is 0 Å². The Morgan fingerprint density at radius 3 is 2.74 bits per heavy atom. The highest BCUT2D eigenvalue weighted by molar-refractivity contribution is 7.12. The van der Waals surface area contributed by atoms with Crippen LogP contribution >= 0.6 is 11.3 Å². The van der Waals surface area contributed by atoms with Crippen molar-refractivity contribution >= 4 is 11.3 Å². The van der Waals surface area contributed by atoms with Gasteiger partial charge < -0.3 is 4.90 Å². The number of piperidine rings is 1. The lowest BCUT2D eigenvalue weighted by molar-refractivity contribution is 0.194. The van der Waals surface area contributed by atoms with Crippen LogP contribution in [0.4, 0.5) is 0 Å². The van der Waals surface area contributed by atoms with Crippen LogP contribution in [0.3, 0.4) is 0 Å². The fourth-order valence-electron chi connectivity index (χ4n) is 2.54. The lowest BCUT2D eigenvalue weighted by atomic mass is 9.99. The second kappa shape index (κ2) is 7.02. The lowest BCUT2D eigenvalue weighted by Gasteiger charge is -2.29. The average Bonchev–Trinajstić information content (AvgIpc) is 2.81. The Morgan fingerprint density at radius 1 is 1.37 bits per heavy atom. The molecule has 2 rings (SSSR count). The van der Waals surface area contributed by atoms with Crippen molar-refractivity contribution in [1.29, 1.82) is 5.26 Å². The fraction of sp³-hybridized carbons (Fsp3) is 0.733. The molecule has 1 saturated heterocycles. The lowest BCUT2D eigenvalue weighted by Crippen LogP contribution is -2.34. The molecule has 1 aliphatic rings. The fourth-order valence-corrected chi connectivity index (χ4v) is 3.44. The van der Waals surface area contributed by atoms with E-state index in [9.17, 15) is 0 Å². The van der Waals surface area contributed by atoms with Crippen LogP contribution in [0, 0.1) is 17.2 Å². The SMILES string of the molecule is CCCc1nc(CCN2CCC(C)CC2)sc1C#N. The van der Waals surface area contributed by atoms with Gasteiger partial charge in [-0.1, -0.05) is 20.3 Å². The third-order valence-electron chi connectivity index (χ3n) is 3.85. The minimum Gasteiger partial charge on any atom is -0.303 e. The van der Waals surface area contributed by atoms with Crippen molar-refractivity contribution in [3.63, 3.8) is 0 Å². The number of nitrogens with zero attached hydrogens (tertiary/aromatic N) is 3. The van der Waals surface area contributed by atoms with E-state index in [1.807, 2.05) is 0 Å². The molecule has 4 heteroatoms. The molecule has 1 aliphatic heterocycles. The summed E-state index contributed by atoms with van der Waals surface area (Å²) in [5, 5.41) is 10.3. The third-order valence-corrected chi connectivity index (χ3v) is 4.91. The Balaban J connectivity index is 1.87. The molecule has 2 heterocycles. The van der Waals surface area contributed by atoms with Crippen molar-refractivity contribution < 1.29 is 0 Å². The molecule has 0 radical (unpaired) electrons. The summed E-state index contributed by atoms with van der Waals surface area (Å²) in [6.07, 6.45) is 5.63. The zero-order valence-corrected chi connectivity index (χ0v) is 12.8. The molecule has 0 spiro atoms. The molecule has 1 aromatic rings. The van der Waals surface area contributed by atoms with Crippen molar-refractivity contribution in [3.05, 3.63) is 15.6 Å². The van der Waals surface area contributed by atoms with Gasteiger partial charge in [0.05, 0.1) is 10.7 Å². The van der Waals surface area contributed by atoms with E-state index >= 15 is 0 Å². The van der Waals surface area contributed by atoms with Crippen LogP contribution in [-0.2, 0) is 12.8 Å². The van der Waals surface area contributed by atoms with E-state index in [2.05, 4.69) is 29.8 Å². The zero-order valence-electron chi connectivity index (χ0n) is 12.0. The minimum absolute atomic E-state index is 0.823. The summed E-state index contributed by atoms with van der Waals surface area (Å²) in [4.78, 5) is 8.00. The van der Waals surface area contributed by atoms with Gasteiger partial charge in [0, 0.05) is 13.0 Å². The van der Waals surface area contributed by atoms with Crippen molar-refractivity contribution in [2.24, 2.45) is 5.92 Å². The highest BCUT2D eigenvalue weighted by Gasteiger charge is 2.16. The van der Waals surface area contributed by atoms with Crippen LogP contribution in [0.5, 0.6) is 0 Å². The molecule has 0 bridgehead atoms. The molecule has 0 aromatic carbocycles. The number of hydrogen-bond donors (Lipinski definition) is 0. The van der Waals surface area contributed by atoms with Gasteiger partial charge in [0.2, 0.25) is 0 Å². The topological polar surface area (TPSA) is 39.9 Å². The quantitative estimate of drug-likeness (QED) is 0.829. The number of nitriles is 1. The Labute approximate surface area is 120 Å². The van der Waals surface area contributed by atoms with E-state index in [0.717, 1.165) is 47.3 Å². The van der Waals surface area contributed by atoms with Crippen molar-refractivity contribution in [3.8, 4) is 6.07 Å². The molecule has 1 fully saturated rings. The number of aryl methyl sites for hydroxylation is 1. The number of hydrogen-bond acceptors (Lipinski definition) is 4. The Bertz CT molecular complexity index is 439. The number of rotatable bonds is 5. The van der Waals surface area contributed by atoms with Crippen molar-refractivity contribution in [1.82, 2.24) is 9.88 Å². The molecule has 0 saturated carbocycles. The normalized spacial score (nSPS) is 17.5. The molecule has 0 unspecified atom stereocenters. The maximum absolute atomic E-state index is 9.11. The van der Waals surface area contributed by atoms with Crippen LogP contribution in [0.2, 0.25) is 0 Å². The first-order valence-corrected chi connectivity index (χ1v) is 8.15. The number of aromatic nitrogens is 1. The summed E-state index contributed by atoms with van der Waals surface area (Å²) in [5.41, 5.74) is 1.01. The van der Waals surface area contributed by atoms with Crippen molar-refractivity contribution in [2.75, 3.05) is 19.6 Å². The molecule has 1 aromatic heterocycles. The summed E-state index contributed by atoms with van der Waals surface area (Å²) in [7, 11) is 0. The zero-order chi connectivity index (χ0) is 13.7. The third kappa shape index (κ3) is 4.02. The highest BCUT2D eigenvalue weighted by atomic mass is 32.1. The van der Waals surface area contributed by atoms with Gasteiger partial charge in [0.1, 0.15) is 10.9 Å². The molecular weight excluding hydrogens is 254 g/mol. The maximum atomic E-state index is 9.11. The molecule has 104 valence electrons. The summed E-state index contributed by atoms with van der Waals surface area (Å²) in [6.45, 7) is 8.01. The first kappa shape index (κ1) is 14.5. The van der Waals surface area contributed by atoms with Crippen LogP contribution in [0.15, 0.2) is 0 Å². The van der Waals surface area contributed by atoms with Gasteiger partial charge >= 0.3 is 0 Å². The highest BCUT2D eigenvalue weighted by Crippen LogP contribution is 2.21. The second-order valence-corrected chi connectivity index (χ2v) is 6.60. The van der Waals surface area contributed by atoms with E-state index in [-0.39, 0.29) is 0 Å². The summed E-state index contributed by atoms with van der Waals surface area (Å²) >= 11 is 1.59. The predicted octanol–water partition coefficient (Wildman–Crippen LogP) is 3.24. The Morgan fingerprint density at radius 2 is 2.11 bits per heavy atom. The summed E-state index contributed by atoms with van der Waals surface area (Å²) < 4.78 is 0. The molecule has 19 heavy (non-hydrogen) atoms. The largest absolute Gasteiger partial charge is 0.303 e. The monoisotopic (exact) mass is 277 g/mol. The van der Waals surface area contributed by atoms with Gasteiger partial charge in [0.25, 0.3) is 0 Å². The first-order valence-electron chi connectivity index (χ1n) is 7.34. The number of likely N-dealkylation sites (tertiary alicyclic amines) is 1. The molecule has 3 nitrogen and oxygen atoms in total. The summed E-state index contributed by atoms with van der Waals surface area (Å²) in [5.74, 6) is 0.887. The average molecular weight is 277 g/mol. The van der Waals surface area contributed by atoms with Crippen LogP contribution in [0.25, 0.3) is 0 Å². The van der Waals surface area contributed by atoms with E-state index in [4.69, 9.17) is 5.26 Å². The standard InChI is InChI=1S/C15H23N3S/c1-3-4-13-14(11-16)19-15(17-13)7-10-18-8-5-12(2)6-9-18/h12H,3-10H2,1-2H3. The summed E-state index contributed by atoms with van der Waals surface area (Å²) in [6, 6.07) is 2.29. The smallest absolute Gasteiger partial charge is 0.128 e. The van der Waals surface area contributed by atoms with Crippen LogP contribution in [0.1, 0.15) is 48.7 Å². The minimum atomic E-state index is 0.823. The molecule has 0 atom stereocenters. The number of thiazole rings is 1.